The summed E-state index contributed by atoms with van der Waals surface area (Å²) in [5.74, 6) is 0.776. The minimum Gasteiger partial charge on any atom is -0.493 e. The molecule has 32 heavy (non-hydrogen) atoms. The number of nitrogens with zero attached hydrogens (tertiary/aromatic N) is 1. The molecule has 3 aromatic carbocycles. The maximum Gasteiger partial charge on any atom is 0.265 e. The third kappa shape index (κ3) is 6.90. The molecule has 6 nitrogen and oxygen atoms in total. The lowest BCUT2D eigenvalue weighted by Gasteiger charge is -2.12. The minimum atomic E-state index is -0.298. The van der Waals surface area contributed by atoms with E-state index in [1.54, 1.807) is 37.4 Å². The van der Waals surface area contributed by atoms with Gasteiger partial charge in [-0.2, -0.15) is 0 Å². The van der Waals surface area contributed by atoms with Crippen LogP contribution in [-0.2, 0) is 16.2 Å². The summed E-state index contributed by atoms with van der Waals surface area (Å²) in [6.07, 6.45) is 1.49. The molecule has 0 atom stereocenters. The van der Waals surface area contributed by atoms with Crippen LogP contribution in [0.2, 0.25) is 10.0 Å². The Bertz CT molecular complexity index is 1100. The Hall–Kier alpha value is -3.22. The number of ether oxygens (including phenoxy) is 2. The highest BCUT2D eigenvalue weighted by Crippen LogP contribution is 2.29. The fourth-order valence-corrected chi connectivity index (χ4v) is 3.17. The number of aryl methyl sites for hydroxylation is 1. The van der Waals surface area contributed by atoms with E-state index < -0.39 is 0 Å². The highest BCUT2D eigenvalue weighted by Gasteiger charge is 2.08. The minimum absolute atomic E-state index is 0.204. The Morgan fingerprint density at radius 2 is 1.81 bits per heavy atom. The molecular weight excluding hydrogens is 451 g/mol. The summed E-state index contributed by atoms with van der Waals surface area (Å²) in [5, 5.41) is 7.68. The van der Waals surface area contributed by atoms with Crippen LogP contribution in [0, 0.1) is 6.92 Å². The SMILES string of the molecule is COc1cc(/C=N/OCC(=O)Nc2ccc(C)cc2)ccc1OCc1ccc(Cl)cc1Cl. The van der Waals surface area contributed by atoms with Crippen molar-refractivity contribution in [3.05, 3.63) is 87.4 Å². The maximum absolute atomic E-state index is 11.9. The van der Waals surface area contributed by atoms with Crippen LogP contribution in [0.15, 0.2) is 65.8 Å². The maximum atomic E-state index is 11.9. The molecule has 0 spiro atoms. The van der Waals surface area contributed by atoms with E-state index in [0.29, 0.717) is 27.2 Å². The molecule has 0 aliphatic heterocycles. The highest BCUT2D eigenvalue weighted by molar-refractivity contribution is 6.35. The van der Waals surface area contributed by atoms with Crippen LogP contribution < -0.4 is 14.8 Å². The number of anilines is 1. The standard InChI is InChI=1S/C24H22Cl2N2O4/c1-16-3-8-20(9-4-16)28-24(29)15-32-27-13-17-5-10-22(23(11-17)30-2)31-14-18-6-7-19(25)12-21(18)26/h3-13H,14-15H2,1-2H3,(H,28,29)/b27-13+. The number of hydrogen-bond donors (Lipinski definition) is 1. The number of nitrogens with one attached hydrogen (secondary N) is 1. The number of amides is 1. The van der Waals surface area contributed by atoms with Crippen molar-refractivity contribution >= 4 is 41.0 Å². The Morgan fingerprint density at radius 3 is 2.53 bits per heavy atom. The van der Waals surface area contributed by atoms with Crippen LogP contribution in [0.25, 0.3) is 0 Å². The number of carbonyl (C=O) groups excluding carboxylic acids is 1. The van der Waals surface area contributed by atoms with E-state index in [0.717, 1.165) is 16.7 Å². The van der Waals surface area contributed by atoms with Gasteiger partial charge >= 0.3 is 0 Å². The second-order valence-electron chi connectivity index (χ2n) is 6.86. The number of rotatable bonds is 9. The number of oxime groups is 1. The third-order valence-electron chi connectivity index (χ3n) is 4.39. The topological polar surface area (TPSA) is 69.2 Å². The highest BCUT2D eigenvalue weighted by atomic mass is 35.5. The van der Waals surface area contributed by atoms with Crippen LogP contribution in [-0.4, -0.2) is 25.8 Å². The fraction of sp³-hybridized carbons (Fsp3) is 0.167. The Balaban J connectivity index is 1.52. The number of methoxy groups -OCH3 is 1. The van der Waals surface area contributed by atoms with E-state index in [9.17, 15) is 4.79 Å². The first-order valence-corrected chi connectivity index (χ1v) is 10.5. The molecule has 3 aromatic rings. The summed E-state index contributed by atoms with van der Waals surface area (Å²) in [5.41, 5.74) is 3.34. The predicted molar refractivity (Wildman–Crippen MR) is 127 cm³/mol. The van der Waals surface area contributed by atoms with E-state index >= 15 is 0 Å². The molecule has 0 aromatic heterocycles. The molecule has 0 heterocycles. The van der Waals surface area contributed by atoms with E-state index in [4.69, 9.17) is 37.5 Å². The lowest BCUT2D eigenvalue weighted by Crippen LogP contribution is -2.16. The summed E-state index contributed by atoms with van der Waals surface area (Å²) in [6.45, 7) is 2.04. The van der Waals surface area contributed by atoms with Gasteiger partial charge in [0.05, 0.1) is 13.3 Å². The van der Waals surface area contributed by atoms with Gasteiger partial charge in [-0.25, -0.2) is 0 Å². The Labute approximate surface area is 196 Å². The summed E-state index contributed by atoms with van der Waals surface area (Å²) in [4.78, 5) is 17.0. The predicted octanol–water partition coefficient (Wildman–Crippen LogP) is 5.88. The van der Waals surface area contributed by atoms with Crippen LogP contribution in [0.5, 0.6) is 11.5 Å². The molecule has 0 aliphatic rings. The summed E-state index contributed by atoms with van der Waals surface area (Å²) >= 11 is 12.1. The van der Waals surface area contributed by atoms with Gasteiger partial charge in [0.2, 0.25) is 0 Å². The van der Waals surface area contributed by atoms with Crippen molar-refractivity contribution in [2.24, 2.45) is 5.16 Å². The lowest BCUT2D eigenvalue weighted by molar-refractivity contribution is -0.120. The zero-order valence-electron chi connectivity index (χ0n) is 17.6. The molecule has 1 N–H and O–H groups in total. The van der Waals surface area contributed by atoms with Gasteiger partial charge in [-0.05, 0) is 49.4 Å². The molecule has 1 amide bonds. The molecule has 166 valence electrons. The lowest BCUT2D eigenvalue weighted by atomic mass is 10.2. The van der Waals surface area contributed by atoms with Crippen molar-refractivity contribution in [2.45, 2.75) is 13.5 Å². The van der Waals surface area contributed by atoms with Gasteiger partial charge < -0.3 is 19.6 Å². The van der Waals surface area contributed by atoms with Crippen molar-refractivity contribution in [2.75, 3.05) is 19.0 Å². The number of benzene rings is 3. The van der Waals surface area contributed by atoms with Gasteiger partial charge in [0, 0.05) is 26.9 Å². The van der Waals surface area contributed by atoms with E-state index in [1.165, 1.54) is 6.21 Å². The Kier molecular flexibility index (Phi) is 8.36. The van der Waals surface area contributed by atoms with Gasteiger partial charge in [-0.15, -0.1) is 0 Å². The van der Waals surface area contributed by atoms with Gasteiger partial charge in [0.25, 0.3) is 5.91 Å². The first kappa shape index (κ1) is 23.4. The van der Waals surface area contributed by atoms with E-state index in [2.05, 4.69) is 10.5 Å². The molecule has 0 saturated carbocycles. The first-order valence-electron chi connectivity index (χ1n) is 9.71. The quantitative estimate of drug-likeness (QED) is 0.311. The van der Waals surface area contributed by atoms with E-state index in [1.807, 2.05) is 37.3 Å². The second-order valence-corrected chi connectivity index (χ2v) is 7.70. The molecule has 3 rings (SSSR count). The summed E-state index contributed by atoms with van der Waals surface area (Å²) in [6, 6.07) is 18.0. The normalized spacial score (nSPS) is 10.8. The number of hydrogen-bond acceptors (Lipinski definition) is 5. The molecule has 0 fully saturated rings. The second kappa shape index (κ2) is 11.4. The molecule has 0 aliphatic carbocycles. The number of halogens is 2. The van der Waals surface area contributed by atoms with Gasteiger partial charge in [-0.3, -0.25) is 4.79 Å². The third-order valence-corrected chi connectivity index (χ3v) is 4.98. The van der Waals surface area contributed by atoms with Crippen molar-refractivity contribution < 1.29 is 19.1 Å². The molecule has 0 bridgehead atoms. The van der Waals surface area contributed by atoms with Gasteiger partial charge in [0.15, 0.2) is 18.1 Å². The van der Waals surface area contributed by atoms with Crippen LogP contribution in [0.4, 0.5) is 5.69 Å². The molecule has 0 unspecified atom stereocenters. The van der Waals surface area contributed by atoms with Crippen molar-refractivity contribution in [3.63, 3.8) is 0 Å². The average molecular weight is 473 g/mol. The largest absolute Gasteiger partial charge is 0.493 e. The molecule has 0 saturated heterocycles. The molecule has 0 radical (unpaired) electrons. The monoisotopic (exact) mass is 472 g/mol. The summed E-state index contributed by atoms with van der Waals surface area (Å²) < 4.78 is 11.2. The van der Waals surface area contributed by atoms with Crippen molar-refractivity contribution in [3.8, 4) is 11.5 Å². The van der Waals surface area contributed by atoms with Crippen molar-refractivity contribution in [1.82, 2.24) is 0 Å². The summed E-state index contributed by atoms with van der Waals surface area (Å²) in [7, 11) is 1.55. The van der Waals surface area contributed by atoms with E-state index in [-0.39, 0.29) is 19.1 Å². The molecule has 8 heteroatoms. The first-order chi connectivity index (χ1) is 15.4. The smallest absolute Gasteiger partial charge is 0.265 e. The number of carbonyl (C=O) groups is 1. The fourth-order valence-electron chi connectivity index (χ4n) is 2.71. The van der Waals surface area contributed by atoms with Gasteiger partial charge in [-0.1, -0.05) is 52.1 Å². The van der Waals surface area contributed by atoms with Crippen LogP contribution >= 0.6 is 23.2 Å². The Morgan fingerprint density at radius 1 is 1.03 bits per heavy atom. The average Bonchev–Trinajstić information content (AvgIpc) is 2.78. The van der Waals surface area contributed by atoms with Crippen molar-refractivity contribution in [1.29, 1.82) is 0 Å². The van der Waals surface area contributed by atoms with Gasteiger partial charge in [0.1, 0.15) is 6.61 Å². The molecular formula is C24H22Cl2N2O4. The zero-order chi connectivity index (χ0) is 22.9. The van der Waals surface area contributed by atoms with Crippen LogP contribution in [0.1, 0.15) is 16.7 Å². The van der Waals surface area contributed by atoms with Crippen LogP contribution in [0.3, 0.4) is 0 Å². The zero-order valence-corrected chi connectivity index (χ0v) is 19.1.